The SMILES string of the molecule is O=C(O)c1cnn(-c2ccc3c4c(cncc24)C(=O)N3)c1C(F)(F)F. The maximum atomic E-state index is 13.4. The molecule has 4 rings (SSSR count). The first-order valence-electron chi connectivity index (χ1n) is 6.90. The van der Waals surface area contributed by atoms with Crippen LogP contribution in [0.15, 0.2) is 30.7 Å². The largest absolute Gasteiger partial charge is 0.478 e. The number of pyridine rings is 1. The Balaban J connectivity index is 2.07. The van der Waals surface area contributed by atoms with E-state index in [0.717, 1.165) is 0 Å². The first-order chi connectivity index (χ1) is 11.8. The van der Waals surface area contributed by atoms with E-state index in [2.05, 4.69) is 15.4 Å². The summed E-state index contributed by atoms with van der Waals surface area (Å²) in [5.41, 5.74) is -1.71. The van der Waals surface area contributed by atoms with Crippen LogP contribution in [-0.4, -0.2) is 31.7 Å². The van der Waals surface area contributed by atoms with Crippen LogP contribution in [0.1, 0.15) is 26.4 Å². The Morgan fingerprint density at radius 3 is 2.64 bits per heavy atom. The van der Waals surface area contributed by atoms with Gasteiger partial charge in [0, 0.05) is 28.9 Å². The van der Waals surface area contributed by atoms with Gasteiger partial charge in [-0.3, -0.25) is 9.78 Å². The van der Waals surface area contributed by atoms with Crippen LogP contribution in [0.4, 0.5) is 18.9 Å². The Bertz CT molecular complexity index is 1070. The number of aromatic nitrogens is 3. The molecular weight excluding hydrogens is 341 g/mol. The second-order valence-corrected chi connectivity index (χ2v) is 5.32. The van der Waals surface area contributed by atoms with Crippen molar-refractivity contribution in [3.63, 3.8) is 0 Å². The normalized spacial score (nSPS) is 13.3. The highest BCUT2D eigenvalue weighted by Crippen LogP contribution is 2.39. The van der Waals surface area contributed by atoms with E-state index in [0.29, 0.717) is 22.0 Å². The summed E-state index contributed by atoms with van der Waals surface area (Å²) >= 11 is 0. The van der Waals surface area contributed by atoms with Gasteiger partial charge in [0.2, 0.25) is 0 Å². The summed E-state index contributed by atoms with van der Waals surface area (Å²) in [4.78, 5) is 26.9. The summed E-state index contributed by atoms with van der Waals surface area (Å²) in [5, 5.41) is 15.9. The summed E-state index contributed by atoms with van der Waals surface area (Å²) in [5.74, 6) is -2.15. The number of nitrogens with one attached hydrogen (secondary N) is 1. The van der Waals surface area contributed by atoms with Gasteiger partial charge in [-0.1, -0.05) is 0 Å². The molecule has 0 aliphatic carbocycles. The first kappa shape index (κ1) is 15.1. The van der Waals surface area contributed by atoms with Gasteiger partial charge in [-0.15, -0.1) is 0 Å². The highest BCUT2D eigenvalue weighted by Gasteiger charge is 2.41. The third-order valence-corrected chi connectivity index (χ3v) is 3.89. The van der Waals surface area contributed by atoms with Crippen molar-refractivity contribution in [2.75, 3.05) is 5.32 Å². The number of rotatable bonds is 2. The highest BCUT2D eigenvalue weighted by atomic mass is 19.4. The molecule has 1 aliphatic rings. The zero-order chi connectivity index (χ0) is 17.9. The third kappa shape index (κ3) is 2.07. The van der Waals surface area contributed by atoms with Crippen molar-refractivity contribution >= 4 is 28.3 Å². The molecule has 0 radical (unpaired) electrons. The van der Waals surface area contributed by atoms with Gasteiger partial charge in [0.25, 0.3) is 5.91 Å². The predicted octanol–water partition coefficient (Wildman–Crippen LogP) is 2.70. The molecule has 0 unspecified atom stereocenters. The van der Waals surface area contributed by atoms with Crippen LogP contribution in [0.25, 0.3) is 16.5 Å². The number of carbonyl (C=O) groups excluding carboxylic acids is 1. The van der Waals surface area contributed by atoms with Gasteiger partial charge < -0.3 is 10.4 Å². The molecule has 0 bridgehead atoms. The van der Waals surface area contributed by atoms with Crippen LogP contribution in [-0.2, 0) is 6.18 Å². The molecule has 126 valence electrons. The fourth-order valence-corrected chi connectivity index (χ4v) is 2.89. The quantitative estimate of drug-likeness (QED) is 0.742. The zero-order valence-corrected chi connectivity index (χ0v) is 12.1. The fraction of sp³-hybridized carbons (Fsp3) is 0.0667. The second kappa shape index (κ2) is 4.79. The molecule has 1 aromatic carbocycles. The number of carbonyl (C=O) groups is 2. The molecule has 7 nitrogen and oxygen atoms in total. The van der Waals surface area contributed by atoms with Crippen LogP contribution >= 0.6 is 0 Å². The van der Waals surface area contributed by atoms with Crippen molar-refractivity contribution in [2.24, 2.45) is 0 Å². The van der Waals surface area contributed by atoms with Gasteiger partial charge in [0.05, 0.1) is 17.4 Å². The molecule has 0 atom stereocenters. The molecule has 10 heteroatoms. The molecule has 1 amide bonds. The highest BCUT2D eigenvalue weighted by molar-refractivity contribution is 6.24. The second-order valence-electron chi connectivity index (χ2n) is 5.32. The number of carboxylic acid groups (broad SMARTS) is 1. The minimum atomic E-state index is -4.94. The van der Waals surface area contributed by atoms with Gasteiger partial charge >= 0.3 is 12.1 Å². The molecule has 0 saturated carbocycles. The number of aromatic carboxylic acids is 1. The molecule has 0 saturated heterocycles. The molecule has 1 aliphatic heterocycles. The molecule has 0 fully saturated rings. The molecule has 3 aromatic rings. The number of alkyl halides is 3. The van der Waals surface area contributed by atoms with Gasteiger partial charge in [-0.25, -0.2) is 9.48 Å². The van der Waals surface area contributed by atoms with Gasteiger partial charge in [-0.05, 0) is 12.1 Å². The van der Waals surface area contributed by atoms with E-state index in [1.54, 1.807) is 0 Å². The molecule has 2 N–H and O–H groups in total. The van der Waals surface area contributed by atoms with E-state index in [1.807, 2.05) is 0 Å². The van der Waals surface area contributed by atoms with Crippen LogP contribution in [0.3, 0.4) is 0 Å². The molecule has 3 heterocycles. The molecule has 0 spiro atoms. The summed E-state index contributed by atoms with van der Waals surface area (Å²) in [7, 11) is 0. The van der Waals surface area contributed by atoms with E-state index in [1.165, 1.54) is 24.5 Å². The maximum absolute atomic E-state index is 13.4. The summed E-state index contributed by atoms with van der Waals surface area (Å²) in [6, 6.07) is 2.76. The Kier molecular flexibility index (Phi) is 2.89. The standard InChI is InChI=1S/C15H7F3N4O3/c16-15(17,18)12-8(14(24)25)5-20-22(12)10-2-1-9-11-6(10)3-19-4-7(11)13(23)21-9/h1-5H,(H,21,23)(H,24,25). The van der Waals surface area contributed by atoms with Crippen molar-refractivity contribution < 1.29 is 27.9 Å². The van der Waals surface area contributed by atoms with Crippen molar-refractivity contribution in [2.45, 2.75) is 6.18 Å². The minimum Gasteiger partial charge on any atom is -0.478 e. The van der Waals surface area contributed by atoms with Crippen molar-refractivity contribution in [3.05, 3.63) is 47.5 Å². The number of benzene rings is 1. The zero-order valence-electron chi connectivity index (χ0n) is 12.1. The van der Waals surface area contributed by atoms with Crippen LogP contribution in [0.5, 0.6) is 0 Å². The van der Waals surface area contributed by atoms with Crippen LogP contribution in [0, 0.1) is 0 Å². The maximum Gasteiger partial charge on any atom is 0.434 e. The topological polar surface area (TPSA) is 97.1 Å². The van der Waals surface area contributed by atoms with Crippen LogP contribution in [0.2, 0.25) is 0 Å². The average Bonchev–Trinajstić information content (AvgIpc) is 3.11. The monoisotopic (exact) mass is 348 g/mol. The predicted molar refractivity (Wildman–Crippen MR) is 78.8 cm³/mol. The molecule has 25 heavy (non-hydrogen) atoms. The minimum absolute atomic E-state index is 0.0237. The van der Waals surface area contributed by atoms with Gasteiger partial charge in [-0.2, -0.15) is 18.3 Å². The number of nitrogens with zero attached hydrogens (tertiary/aromatic N) is 3. The number of carboxylic acids is 1. The van der Waals surface area contributed by atoms with Crippen LogP contribution < -0.4 is 5.32 Å². The van der Waals surface area contributed by atoms with E-state index in [4.69, 9.17) is 5.11 Å². The Morgan fingerprint density at radius 1 is 1.20 bits per heavy atom. The lowest BCUT2D eigenvalue weighted by Gasteiger charge is -2.13. The summed E-state index contributed by atoms with van der Waals surface area (Å²) in [6.45, 7) is 0. The van der Waals surface area contributed by atoms with E-state index >= 15 is 0 Å². The lowest BCUT2D eigenvalue weighted by molar-refractivity contribution is -0.143. The Hall–Kier alpha value is -3.43. The van der Waals surface area contributed by atoms with E-state index in [9.17, 15) is 22.8 Å². The number of halogens is 3. The Labute approximate surface area is 136 Å². The van der Waals surface area contributed by atoms with E-state index < -0.39 is 29.3 Å². The van der Waals surface area contributed by atoms with Crippen molar-refractivity contribution in [1.82, 2.24) is 14.8 Å². The Morgan fingerprint density at radius 2 is 1.96 bits per heavy atom. The smallest absolute Gasteiger partial charge is 0.434 e. The number of hydrogen-bond acceptors (Lipinski definition) is 4. The van der Waals surface area contributed by atoms with Crippen molar-refractivity contribution in [1.29, 1.82) is 0 Å². The summed E-state index contributed by atoms with van der Waals surface area (Å²) in [6.07, 6.45) is -1.67. The lowest BCUT2D eigenvalue weighted by Crippen LogP contribution is -2.17. The lowest BCUT2D eigenvalue weighted by atomic mass is 10.1. The summed E-state index contributed by atoms with van der Waals surface area (Å²) < 4.78 is 40.8. The number of anilines is 1. The average molecular weight is 348 g/mol. The third-order valence-electron chi connectivity index (χ3n) is 3.89. The first-order valence-corrected chi connectivity index (χ1v) is 6.90. The molecule has 2 aromatic heterocycles. The van der Waals surface area contributed by atoms with Crippen molar-refractivity contribution in [3.8, 4) is 5.69 Å². The van der Waals surface area contributed by atoms with E-state index in [-0.39, 0.29) is 16.6 Å². The molecular formula is C15H7F3N4O3. The number of hydrogen-bond donors (Lipinski definition) is 2. The number of amides is 1. The fourth-order valence-electron chi connectivity index (χ4n) is 2.89. The van der Waals surface area contributed by atoms with Gasteiger partial charge in [0.15, 0.2) is 5.69 Å². The van der Waals surface area contributed by atoms with Gasteiger partial charge in [0.1, 0.15) is 5.56 Å².